The Labute approximate surface area is 176 Å². The van der Waals surface area contributed by atoms with Gasteiger partial charge in [-0.1, -0.05) is 30.2 Å². The van der Waals surface area contributed by atoms with E-state index in [-0.39, 0.29) is 5.56 Å². The Morgan fingerprint density at radius 3 is 2.38 bits per heavy atom. The molecule has 1 saturated heterocycles. The molecule has 0 saturated carbocycles. The fourth-order valence-corrected chi connectivity index (χ4v) is 4.07. The van der Waals surface area contributed by atoms with E-state index in [4.69, 9.17) is 11.6 Å². The van der Waals surface area contributed by atoms with Gasteiger partial charge in [0.2, 0.25) is 0 Å². The van der Waals surface area contributed by atoms with Gasteiger partial charge in [-0.15, -0.1) is 0 Å². The standard InChI is InChI=1S/C23H27ClN4O/c24-19-8-10-20(11-9-19)27-16-14-26(15-17-27)12-4-1-5-13-28-18-25-22-7-3-2-6-21(22)23(28)29/h2-3,6-11,18H,1,4-5,12-17H2. The predicted octanol–water partition coefficient (Wildman–Crippen LogP) is 4.04. The molecule has 3 aromatic rings. The molecule has 1 aromatic heterocycles. The molecule has 4 rings (SSSR count). The molecule has 2 heterocycles. The number of aromatic nitrogens is 2. The molecule has 0 atom stereocenters. The van der Waals surface area contributed by atoms with E-state index in [0.29, 0.717) is 5.39 Å². The first-order chi connectivity index (χ1) is 14.2. The van der Waals surface area contributed by atoms with E-state index < -0.39 is 0 Å². The van der Waals surface area contributed by atoms with Crippen molar-refractivity contribution in [3.05, 3.63) is 70.2 Å². The monoisotopic (exact) mass is 410 g/mol. The van der Waals surface area contributed by atoms with Crippen molar-refractivity contribution in [1.82, 2.24) is 14.5 Å². The Morgan fingerprint density at radius 1 is 0.862 bits per heavy atom. The summed E-state index contributed by atoms with van der Waals surface area (Å²) < 4.78 is 1.74. The first kappa shape index (κ1) is 19.9. The number of halogens is 1. The molecule has 0 bridgehead atoms. The molecule has 0 radical (unpaired) electrons. The molecule has 5 nitrogen and oxygen atoms in total. The highest BCUT2D eigenvalue weighted by Crippen LogP contribution is 2.19. The molecule has 6 heteroatoms. The van der Waals surface area contributed by atoms with E-state index in [0.717, 1.165) is 69.1 Å². The van der Waals surface area contributed by atoms with Gasteiger partial charge in [-0.2, -0.15) is 0 Å². The average Bonchev–Trinajstić information content (AvgIpc) is 2.76. The van der Waals surface area contributed by atoms with Crippen molar-refractivity contribution in [3.63, 3.8) is 0 Å². The zero-order chi connectivity index (χ0) is 20.1. The van der Waals surface area contributed by atoms with Gasteiger partial charge in [-0.05, 0) is 55.8 Å². The van der Waals surface area contributed by atoms with Crippen LogP contribution < -0.4 is 10.5 Å². The average molecular weight is 411 g/mol. The molecular formula is C23H27ClN4O. The molecular weight excluding hydrogens is 384 g/mol. The van der Waals surface area contributed by atoms with Crippen molar-refractivity contribution >= 4 is 28.2 Å². The van der Waals surface area contributed by atoms with Crippen LogP contribution in [0.4, 0.5) is 5.69 Å². The molecule has 0 amide bonds. The molecule has 1 fully saturated rings. The van der Waals surface area contributed by atoms with E-state index in [1.807, 2.05) is 36.4 Å². The van der Waals surface area contributed by atoms with Crippen molar-refractivity contribution in [1.29, 1.82) is 0 Å². The molecule has 29 heavy (non-hydrogen) atoms. The Morgan fingerprint density at radius 2 is 1.59 bits per heavy atom. The summed E-state index contributed by atoms with van der Waals surface area (Å²) in [5, 5.41) is 1.49. The minimum absolute atomic E-state index is 0.0638. The maximum absolute atomic E-state index is 12.5. The van der Waals surface area contributed by atoms with Gasteiger partial charge in [0, 0.05) is 43.4 Å². The number of aryl methyl sites for hydroxylation is 1. The van der Waals surface area contributed by atoms with E-state index in [1.165, 1.54) is 5.69 Å². The third kappa shape index (κ3) is 4.98. The van der Waals surface area contributed by atoms with Crippen LogP contribution in [0.1, 0.15) is 19.3 Å². The summed E-state index contributed by atoms with van der Waals surface area (Å²) in [6.45, 7) is 6.16. The van der Waals surface area contributed by atoms with Crippen LogP contribution in [0.25, 0.3) is 10.9 Å². The lowest BCUT2D eigenvalue weighted by molar-refractivity contribution is 0.251. The maximum Gasteiger partial charge on any atom is 0.261 e. The van der Waals surface area contributed by atoms with Crippen LogP contribution in [-0.2, 0) is 6.54 Å². The number of hydrogen-bond acceptors (Lipinski definition) is 4. The quantitative estimate of drug-likeness (QED) is 0.551. The molecule has 0 spiro atoms. The number of piperazine rings is 1. The second-order valence-corrected chi connectivity index (χ2v) is 8.06. The second-order valence-electron chi connectivity index (χ2n) is 7.63. The lowest BCUT2D eigenvalue weighted by Gasteiger charge is -2.36. The molecule has 0 unspecified atom stereocenters. The van der Waals surface area contributed by atoms with Crippen molar-refractivity contribution in [2.75, 3.05) is 37.6 Å². The zero-order valence-corrected chi connectivity index (χ0v) is 17.4. The number of fused-ring (bicyclic) bond motifs is 1. The lowest BCUT2D eigenvalue weighted by Crippen LogP contribution is -2.46. The molecule has 2 aromatic carbocycles. The summed E-state index contributed by atoms with van der Waals surface area (Å²) >= 11 is 5.98. The number of anilines is 1. The smallest absolute Gasteiger partial charge is 0.261 e. The van der Waals surface area contributed by atoms with Gasteiger partial charge in [-0.25, -0.2) is 4.98 Å². The summed E-state index contributed by atoms with van der Waals surface area (Å²) in [5.41, 5.74) is 2.09. The number of rotatable bonds is 7. The van der Waals surface area contributed by atoms with E-state index in [9.17, 15) is 4.79 Å². The van der Waals surface area contributed by atoms with Crippen LogP contribution in [-0.4, -0.2) is 47.2 Å². The number of para-hydroxylation sites is 1. The summed E-state index contributed by atoms with van der Waals surface area (Å²) in [5.74, 6) is 0. The van der Waals surface area contributed by atoms with Gasteiger partial charge in [-0.3, -0.25) is 14.3 Å². The minimum atomic E-state index is 0.0638. The molecule has 1 aliphatic heterocycles. The molecule has 1 aliphatic rings. The summed E-state index contributed by atoms with van der Waals surface area (Å²) in [6, 6.07) is 15.7. The van der Waals surface area contributed by atoms with Crippen LogP contribution in [0.3, 0.4) is 0 Å². The van der Waals surface area contributed by atoms with Crippen LogP contribution in [0.15, 0.2) is 59.7 Å². The van der Waals surface area contributed by atoms with Gasteiger partial charge >= 0.3 is 0 Å². The van der Waals surface area contributed by atoms with Crippen molar-refractivity contribution in [2.24, 2.45) is 0 Å². The fourth-order valence-electron chi connectivity index (χ4n) is 3.94. The number of hydrogen-bond donors (Lipinski definition) is 0. The predicted molar refractivity (Wildman–Crippen MR) is 120 cm³/mol. The van der Waals surface area contributed by atoms with Gasteiger partial charge in [0.25, 0.3) is 5.56 Å². The first-order valence-corrected chi connectivity index (χ1v) is 10.8. The van der Waals surface area contributed by atoms with E-state index in [1.54, 1.807) is 10.9 Å². The Bertz CT molecular complexity index is 994. The highest BCUT2D eigenvalue weighted by atomic mass is 35.5. The lowest BCUT2D eigenvalue weighted by atomic mass is 10.2. The van der Waals surface area contributed by atoms with E-state index >= 15 is 0 Å². The normalized spacial score (nSPS) is 15.1. The third-order valence-corrected chi connectivity index (χ3v) is 5.92. The number of benzene rings is 2. The van der Waals surface area contributed by atoms with Crippen LogP contribution in [0.2, 0.25) is 5.02 Å². The van der Waals surface area contributed by atoms with E-state index in [2.05, 4.69) is 26.9 Å². The number of nitrogens with zero attached hydrogens (tertiary/aromatic N) is 4. The summed E-state index contributed by atoms with van der Waals surface area (Å²) in [4.78, 5) is 21.9. The highest BCUT2D eigenvalue weighted by Gasteiger charge is 2.16. The SMILES string of the molecule is O=c1c2ccccc2ncn1CCCCCN1CCN(c2ccc(Cl)cc2)CC1. The fraction of sp³-hybridized carbons (Fsp3) is 0.391. The summed E-state index contributed by atoms with van der Waals surface area (Å²) in [7, 11) is 0. The molecule has 0 aliphatic carbocycles. The van der Waals surface area contributed by atoms with Crippen LogP contribution in [0, 0.1) is 0 Å². The Balaban J connectivity index is 1.18. The first-order valence-electron chi connectivity index (χ1n) is 10.4. The van der Waals surface area contributed by atoms with Crippen LogP contribution in [0.5, 0.6) is 0 Å². The number of unbranched alkanes of at least 4 members (excludes halogenated alkanes) is 2. The van der Waals surface area contributed by atoms with Gasteiger partial charge in [0.15, 0.2) is 0 Å². The van der Waals surface area contributed by atoms with Crippen molar-refractivity contribution < 1.29 is 0 Å². The van der Waals surface area contributed by atoms with Crippen molar-refractivity contribution in [3.8, 4) is 0 Å². The largest absolute Gasteiger partial charge is 0.369 e. The molecule has 0 N–H and O–H groups in total. The van der Waals surface area contributed by atoms with Gasteiger partial charge < -0.3 is 4.90 Å². The Hall–Kier alpha value is -2.37. The topological polar surface area (TPSA) is 41.4 Å². The third-order valence-electron chi connectivity index (χ3n) is 5.67. The van der Waals surface area contributed by atoms with Gasteiger partial charge in [0.1, 0.15) is 0 Å². The van der Waals surface area contributed by atoms with Crippen molar-refractivity contribution in [2.45, 2.75) is 25.8 Å². The highest BCUT2D eigenvalue weighted by molar-refractivity contribution is 6.30. The maximum atomic E-state index is 12.5. The Kier molecular flexibility index (Phi) is 6.47. The zero-order valence-electron chi connectivity index (χ0n) is 16.6. The molecule has 152 valence electrons. The minimum Gasteiger partial charge on any atom is -0.369 e. The second kappa shape index (κ2) is 9.42. The van der Waals surface area contributed by atoms with Crippen LogP contribution >= 0.6 is 11.6 Å². The van der Waals surface area contributed by atoms with Gasteiger partial charge in [0.05, 0.1) is 17.2 Å². The summed E-state index contributed by atoms with van der Waals surface area (Å²) in [6.07, 6.45) is 4.97.